The maximum atomic E-state index is 12.8. The van der Waals surface area contributed by atoms with Crippen LogP contribution in [0.3, 0.4) is 0 Å². The number of hydrogen-bond acceptors (Lipinski definition) is 2. The third-order valence-corrected chi connectivity index (χ3v) is 5.78. The molecule has 1 aliphatic carbocycles. The van der Waals surface area contributed by atoms with Crippen LogP contribution in [0.2, 0.25) is 0 Å². The topological polar surface area (TPSA) is 29.5 Å². The normalized spacial score (nSPS) is 24.6. The smallest absolute Gasteiger partial charge is 0.226 e. The van der Waals surface area contributed by atoms with Gasteiger partial charge in [-0.25, -0.2) is 0 Å². The molecule has 1 aliphatic heterocycles. The summed E-state index contributed by atoms with van der Waals surface area (Å²) >= 11 is 0. The Morgan fingerprint density at radius 1 is 1.25 bits per heavy atom. The second kappa shape index (κ2) is 7.52. The van der Waals surface area contributed by atoms with Gasteiger partial charge in [0.1, 0.15) is 0 Å². The summed E-state index contributed by atoms with van der Waals surface area (Å²) in [6.07, 6.45) is 7.57. The second-order valence-corrected chi connectivity index (χ2v) is 7.23. The number of carbonyl (C=O) groups is 1. The van der Waals surface area contributed by atoms with Gasteiger partial charge in [-0.1, -0.05) is 30.7 Å². The van der Waals surface area contributed by atoms with Gasteiger partial charge in [-0.3, -0.25) is 4.79 Å². The lowest BCUT2D eigenvalue weighted by Crippen LogP contribution is -2.41. The van der Waals surface area contributed by atoms with E-state index in [9.17, 15) is 4.79 Å². The van der Waals surface area contributed by atoms with Gasteiger partial charge in [-0.05, 0) is 61.8 Å². The molecule has 0 aromatic heterocycles. The molecule has 3 nitrogen and oxygen atoms in total. The molecule has 1 saturated carbocycles. The summed E-state index contributed by atoms with van der Waals surface area (Å²) in [4.78, 5) is 14.9. The van der Waals surface area contributed by atoms with Crippen molar-refractivity contribution in [3.8, 4) is 0 Å². The minimum Gasteiger partial charge on any atom is -0.381 e. The van der Waals surface area contributed by atoms with Crippen LogP contribution in [0, 0.1) is 19.8 Å². The summed E-state index contributed by atoms with van der Waals surface area (Å²) in [6.45, 7) is 5.94. The van der Waals surface area contributed by atoms with Crippen molar-refractivity contribution >= 4 is 11.5 Å². The first kappa shape index (κ1) is 17.2. The molecule has 2 atom stereocenters. The van der Waals surface area contributed by atoms with E-state index in [0.717, 1.165) is 45.2 Å². The average Bonchev–Trinajstić information content (AvgIpc) is 2.63. The van der Waals surface area contributed by atoms with Gasteiger partial charge < -0.3 is 9.64 Å². The van der Waals surface area contributed by atoms with Gasteiger partial charge in [0.25, 0.3) is 0 Å². The van der Waals surface area contributed by atoms with E-state index in [1.165, 1.54) is 22.3 Å². The summed E-state index contributed by atoms with van der Waals surface area (Å²) in [5.41, 5.74) is 5.43. The molecule has 3 heteroatoms. The molecule has 0 N–H and O–H groups in total. The van der Waals surface area contributed by atoms with Crippen LogP contribution in [0.4, 0.5) is 0 Å². The summed E-state index contributed by atoms with van der Waals surface area (Å²) < 4.78 is 5.48. The lowest BCUT2D eigenvalue weighted by atomic mass is 9.85. The number of rotatable bonds is 3. The Labute approximate surface area is 145 Å². The maximum absolute atomic E-state index is 12.8. The summed E-state index contributed by atoms with van der Waals surface area (Å²) in [7, 11) is 1.76. The Morgan fingerprint density at radius 2 is 2.08 bits per heavy atom. The largest absolute Gasteiger partial charge is 0.381 e. The Kier molecular flexibility index (Phi) is 5.40. The highest BCUT2D eigenvalue weighted by atomic mass is 16.5. The standard InChI is InChI=1S/C21H29NO2/c1-15-6-4-9-20(16(15)2)17-10-12-22(13-11-17)21(23)18-7-5-8-19(14-18)24-3/h4,6,9-10,18-19H,5,7-8,11-14H2,1-3H3. The van der Waals surface area contributed by atoms with Crippen molar-refractivity contribution in [3.63, 3.8) is 0 Å². The zero-order valence-electron chi connectivity index (χ0n) is 15.2. The quantitative estimate of drug-likeness (QED) is 0.835. The minimum absolute atomic E-state index is 0.152. The number of hydrogen-bond donors (Lipinski definition) is 0. The third-order valence-electron chi connectivity index (χ3n) is 5.78. The monoisotopic (exact) mass is 327 g/mol. The number of benzene rings is 1. The fourth-order valence-electron chi connectivity index (χ4n) is 4.05. The van der Waals surface area contributed by atoms with E-state index in [1.54, 1.807) is 7.11 Å². The molecule has 0 saturated heterocycles. The minimum atomic E-state index is 0.152. The number of nitrogens with zero attached hydrogens (tertiary/aromatic N) is 1. The van der Waals surface area contributed by atoms with Gasteiger partial charge in [0.05, 0.1) is 6.10 Å². The van der Waals surface area contributed by atoms with Crippen LogP contribution < -0.4 is 0 Å². The molecule has 2 unspecified atom stereocenters. The average molecular weight is 327 g/mol. The van der Waals surface area contributed by atoms with E-state index >= 15 is 0 Å². The summed E-state index contributed by atoms with van der Waals surface area (Å²) in [5, 5.41) is 0. The second-order valence-electron chi connectivity index (χ2n) is 7.23. The molecule has 1 aromatic rings. The van der Waals surface area contributed by atoms with Gasteiger partial charge >= 0.3 is 0 Å². The lowest BCUT2D eigenvalue weighted by Gasteiger charge is -2.34. The molecular formula is C21H29NO2. The third kappa shape index (κ3) is 3.56. The predicted octanol–water partition coefficient (Wildman–Crippen LogP) is 4.12. The van der Waals surface area contributed by atoms with Crippen LogP contribution in [0.5, 0.6) is 0 Å². The van der Waals surface area contributed by atoms with E-state index in [1.807, 2.05) is 4.90 Å². The van der Waals surface area contributed by atoms with Gasteiger partial charge in [-0.2, -0.15) is 0 Å². The highest BCUT2D eigenvalue weighted by Gasteiger charge is 2.31. The maximum Gasteiger partial charge on any atom is 0.226 e. The fraction of sp³-hybridized carbons (Fsp3) is 0.571. The van der Waals surface area contributed by atoms with Crippen molar-refractivity contribution in [1.29, 1.82) is 0 Å². The van der Waals surface area contributed by atoms with Crippen LogP contribution in [-0.2, 0) is 9.53 Å². The number of carbonyl (C=O) groups excluding carboxylic acids is 1. The van der Waals surface area contributed by atoms with E-state index < -0.39 is 0 Å². The molecule has 0 radical (unpaired) electrons. The molecule has 1 aromatic carbocycles. The molecule has 1 amide bonds. The van der Waals surface area contributed by atoms with Gasteiger partial charge in [0, 0.05) is 26.1 Å². The number of methoxy groups -OCH3 is 1. The van der Waals surface area contributed by atoms with Gasteiger partial charge in [-0.15, -0.1) is 0 Å². The van der Waals surface area contributed by atoms with E-state index in [-0.39, 0.29) is 12.0 Å². The van der Waals surface area contributed by atoms with E-state index in [2.05, 4.69) is 38.1 Å². The number of amides is 1. The van der Waals surface area contributed by atoms with Crippen LogP contribution in [-0.4, -0.2) is 37.1 Å². The van der Waals surface area contributed by atoms with Gasteiger partial charge in [0.2, 0.25) is 5.91 Å². The summed E-state index contributed by atoms with van der Waals surface area (Å²) in [5.74, 6) is 0.479. The van der Waals surface area contributed by atoms with Crippen molar-refractivity contribution in [1.82, 2.24) is 4.90 Å². The molecule has 0 bridgehead atoms. The number of ether oxygens (including phenoxy) is 1. The fourth-order valence-corrected chi connectivity index (χ4v) is 4.05. The Morgan fingerprint density at radius 3 is 2.79 bits per heavy atom. The summed E-state index contributed by atoms with van der Waals surface area (Å²) in [6, 6.07) is 6.49. The molecule has 1 fully saturated rings. The van der Waals surface area contributed by atoms with Gasteiger partial charge in [0.15, 0.2) is 0 Å². The van der Waals surface area contributed by atoms with E-state index in [4.69, 9.17) is 4.74 Å². The van der Waals surface area contributed by atoms with Crippen molar-refractivity contribution in [3.05, 3.63) is 41.0 Å². The Hall–Kier alpha value is -1.61. The van der Waals surface area contributed by atoms with Crippen LogP contribution >= 0.6 is 0 Å². The molecular weight excluding hydrogens is 298 g/mol. The van der Waals surface area contributed by atoms with Crippen molar-refractivity contribution in [2.45, 2.75) is 52.1 Å². The number of aryl methyl sites for hydroxylation is 1. The van der Waals surface area contributed by atoms with Crippen molar-refractivity contribution in [2.75, 3.05) is 20.2 Å². The molecule has 24 heavy (non-hydrogen) atoms. The highest BCUT2D eigenvalue weighted by Crippen LogP contribution is 2.30. The SMILES string of the molecule is COC1CCCC(C(=O)N2CC=C(c3cccc(C)c3C)CC2)C1. The van der Waals surface area contributed by atoms with Crippen LogP contribution in [0.15, 0.2) is 24.3 Å². The van der Waals surface area contributed by atoms with Crippen molar-refractivity contribution in [2.24, 2.45) is 5.92 Å². The Bertz CT molecular complexity index is 635. The first-order chi connectivity index (χ1) is 11.6. The first-order valence-corrected chi connectivity index (χ1v) is 9.17. The Balaban J connectivity index is 1.66. The van der Waals surface area contributed by atoms with Crippen molar-refractivity contribution < 1.29 is 9.53 Å². The zero-order valence-corrected chi connectivity index (χ0v) is 15.2. The van der Waals surface area contributed by atoms with Crippen LogP contribution in [0.25, 0.3) is 5.57 Å². The van der Waals surface area contributed by atoms with E-state index in [0.29, 0.717) is 5.91 Å². The highest BCUT2D eigenvalue weighted by molar-refractivity contribution is 5.81. The predicted molar refractivity (Wildman–Crippen MR) is 97.8 cm³/mol. The molecule has 2 aliphatic rings. The molecule has 130 valence electrons. The zero-order chi connectivity index (χ0) is 17.1. The molecule has 0 spiro atoms. The van der Waals surface area contributed by atoms with Crippen LogP contribution in [0.1, 0.15) is 48.8 Å². The first-order valence-electron chi connectivity index (χ1n) is 9.17. The molecule has 1 heterocycles. The lowest BCUT2D eigenvalue weighted by molar-refractivity contribution is -0.137. The molecule has 3 rings (SSSR count).